The van der Waals surface area contributed by atoms with Crippen LogP contribution in [0.4, 0.5) is 0 Å². The first kappa shape index (κ1) is 15.3. The second-order valence-corrected chi connectivity index (χ2v) is 5.28. The smallest absolute Gasteiger partial charge is 0.160 e. The molecule has 0 unspecified atom stereocenters. The van der Waals surface area contributed by atoms with Crippen LogP contribution in [-0.4, -0.2) is 12.3 Å². The van der Waals surface area contributed by atoms with Crippen LogP contribution in [0.5, 0.6) is 0 Å². The average Bonchev–Trinajstić information content (AvgIpc) is 2.73. The van der Waals surface area contributed by atoms with Crippen molar-refractivity contribution in [2.24, 2.45) is 0 Å². The van der Waals surface area contributed by atoms with E-state index in [1.54, 1.807) is 0 Å². The van der Waals surface area contributed by atoms with Crippen LogP contribution >= 0.6 is 0 Å². The molecular weight excluding hydrogens is 222 g/mol. The molecule has 18 heavy (non-hydrogen) atoms. The Balaban J connectivity index is 2.04. The van der Waals surface area contributed by atoms with Crippen molar-refractivity contribution in [1.29, 1.82) is 0 Å². The number of ketones is 1. The first-order valence-corrected chi connectivity index (χ1v) is 7.78. The van der Waals surface area contributed by atoms with Crippen LogP contribution in [0.1, 0.15) is 78.1 Å². The third-order valence-electron chi connectivity index (χ3n) is 3.78. The average molecular weight is 251 g/mol. The molecule has 0 saturated carbocycles. The molecule has 0 aromatic heterocycles. The quantitative estimate of drug-likeness (QED) is 0.585. The zero-order valence-corrected chi connectivity index (χ0v) is 12.2. The Morgan fingerprint density at radius 3 is 2.28 bits per heavy atom. The van der Waals surface area contributed by atoms with E-state index < -0.39 is 0 Å². The van der Waals surface area contributed by atoms with E-state index in [1.165, 1.54) is 50.6 Å². The van der Waals surface area contributed by atoms with Gasteiger partial charge in [0.15, 0.2) is 5.78 Å². The predicted molar refractivity (Wildman–Crippen MR) is 77.6 cm³/mol. The molecule has 0 heterocycles. The van der Waals surface area contributed by atoms with Gasteiger partial charge in [0.05, 0.1) is 0 Å². The molecule has 2 nitrogen and oxygen atoms in total. The lowest BCUT2D eigenvalue weighted by Crippen LogP contribution is -2.15. The Bertz CT molecular complexity index is 281. The summed E-state index contributed by atoms with van der Waals surface area (Å²) in [6.45, 7) is 5.37. The Labute approximate surface area is 112 Å². The highest BCUT2D eigenvalue weighted by Crippen LogP contribution is 2.23. The van der Waals surface area contributed by atoms with E-state index in [1.807, 2.05) is 0 Å². The summed E-state index contributed by atoms with van der Waals surface area (Å²) in [6, 6.07) is 0. The van der Waals surface area contributed by atoms with Crippen LogP contribution in [0.15, 0.2) is 11.3 Å². The summed E-state index contributed by atoms with van der Waals surface area (Å²) >= 11 is 0. The molecule has 0 bridgehead atoms. The molecule has 0 fully saturated rings. The fourth-order valence-corrected chi connectivity index (χ4v) is 2.64. The zero-order chi connectivity index (χ0) is 13.2. The molecule has 104 valence electrons. The number of nitrogens with one attached hydrogen (secondary N) is 1. The molecule has 0 amide bonds. The second-order valence-electron chi connectivity index (χ2n) is 5.28. The van der Waals surface area contributed by atoms with Gasteiger partial charge in [-0.1, -0.05) is 52.4 Å². The van der Waals surface area contributed by atoms with E-state index in [0.29, 0.717) is 5.78 Å². The molecule has 0 radical (unpaired) electrons. The highest BCUT2D eigenvalue weighted by Gasteiger charge is 2.20. The number of Topliss-reactive ketones (excluding diaryl/α,β-unsaturated/α-hetero) is 1. The molecule has 0 spiro atoms. The maximum absolute atomic E-state index is 11.6. The highest BCUT2D eigenvalue weighted by molar-refractivity contribution is 5.98. The number of allylic oxidation sites excluding steroid dienone is 2. The van der Waals surface area contributed by atoms with Crippen molar-refractivity contribution in [1.82, 2.24) is 5.32 Å². The Morgan fingerprint density at radius 1 is 0.944 bits per heavy atom. The van der Waals surface area contributed by atoms with Crippen molar-refractivity contribution in [2.75, 3.05) is 6.54 Å². The Kier molecular flexibility index (Phi) is 7.79. The summed E-state index contributed by atoms with van der Waals surface area (Å²) in [5, 5.41) is 3.47. The Morgan fingerprint density at radius 2 is 1.61 bits per heavy atom. The lowest BCUT2D eigenvalue weighted by atomic mass is 10.1. The molecule has 0 saturated heterocycles. The fourth-order valence-electron chi connectivity index (χ4n) is 2.64. The number of hydrogen-bond donors (Lipinski definition) is 1. The number of unbranched alkanes of at least 4 members (excludes halogenated alkanes) is 6. The molecule has 0 aromatic carbocycles. The van der Waals surface area contributed by atoms with Gasteiger partial charge in [0.25, 0.3) is 0 Å². The van der Waals surface area contributed by atoms with Crippen molar-refractivity contribution in [3.05, 3.63) is 11.3 Å². The largest absolute Gasteiger partial charge is 0.388 e. The topological polar surface area (TPSA) is 29.1 Å². The van der Waals surface area contributed by atoms with Gasteiger partial charge in [-0.05, 0) is 19.3 Å². The number of hydrogen-bond acceptors (Lipinski definition) is 2. The van der Waals surface area contributed by atoms with Gasteiger partial charge in [-0.25, -0.2) is 0 Å². The normalized spacial score (nSPS) is 15.6. The van der Waals surface area contributed by atoms with Gasteiger partial charge in [-0.15, -0.1) is 0 Å². The third-order valence-corrected chi connectivity index (χ3v) is 3.78. The summed E-state index contributed by atoms with van der Waals surface area (Å²) in [5.41, 5.74) is 2.28. The van der Waals surface area contributed by atoms with Crippen LogP contribution in [0, 0.1) is 0 Å². The molecule has 0 atom stereocenters. The monoisotopic (exact) mass is 251 g/mol. The van der Waals surface area contributed by atoms with Crippen molar-refractivity contribution >= 4 is 5.78 Å². The first-order valence-electron chi connectivity index (χ1n) is 7.78. The highest BCUT2D eigenvalue weighted by atomic mass is 16.1. The first-order chi connectivity index (χ1) is 8.79. The lowest BCUT2D eigenvalue weighted by molar-refractivity contribution is -0.115. The van der Waals surface area contributed by atoms with Crippen LogP contribution in [0.2, 0.25) is 0 Å². The van der Waals surface area contributed by atoms with E-state index in [9.17, 15) is 4.79 Å². The third kappa shape index (κ3) is 5.24. The van der Waals surface area contributed by atoms with Crippen molar-refractivity contribution < 1.29 is 4.79 Å². The molecular formula is C16H29NO. The maximum atomic E-state index is 11.6. The van der Waals surface area contributed by atoms with Gasteiger partial charge in [0, 0.05) is 24.2 Å². The molecule has 1 aliphatic rings. The molecule has 0 aliphatic heterocycles. The molecule has 1 N–H and O–H groups in total. The van der Waals surface area contributed by atoms with E-state index in [-0.39, 0.29) is 0 Å². The molecule has 0 aromatic rings. The fraction of sp³-hybridized carbons (Fsp3) is 0.812. The number of carbonyl (C=O) groups excluding carboxylic acids is 1. The summed E-state index contributed by atoms with van der Waals surface area (Å²) in [5.74, 6) is 0.361. The minimum atomic E-state index is 0.361. The van der Waals surface area contributed by atoms with Gasteiger partial charge in [-0.3, -0.25) is 4.79 Å². The van der Waals surface area contributed by atoms with Gasteiger partial charge < -0.3 is 5.32 Å². The van der Waals surface area contributed by atoms with E-state index in [0.717, 1.165) is 31.4 Å². The van der Waals surface area contributed by atoms with Crippen LogP contribution in [-0.2, 0) is 4.79 Å². The summed E-state index contributed by atoms with van der Waals surface area (Å²) < 4.78 is 0. The second kappa shape index (κ2) is 9.18. The zero-order valence-electron chi connectivity index (χ0n) is 12.2. The number of carbonyl (C=O) groups is 1. The van der Waals surface area contributed by atoms with E-state index >= 15 is 0 Å². The molecule has 1 rings (SSSR count). The van der Waals surface area contributed by atoms with Crippen molar-refractivity contribution in [3.63, 3.8) is 0 Å². The molecule has 1 aliphatic carbocycles. The van der Waals surface area contributed by atoms with Gasteiger partial charge >= 0.3 is 0 Å². The van der Waals surface area contributed by atoms with E-state index in [2.05, 4.69) is 19.2 Å². The number of rotatable bonds is 10. The van der Waals surface area contributed by atoms with Gasteiger partial charge in [0.2, 0.25) is 0 Å². The van der Waals surface area contributed by atoms with Gasteiger partial charge in [0.1, 0.15) is 0 Å². The van der Waals surface area contributed by atoms with Crippen molar-refractivity contribution in [3.8, 4) is 0 Å². The minimum Gasteiger partial charge on any atom is -0.388 e. The van der Waals surface area contributed by atoms with Crippen LogP contribution < -0.4 is 5.32 Å². The molecule has 2 heteroatoms. The SMILES string of the molecule is CCCCCCCCCNC1=C(CC)C(=O)CC1. The summed E-state index contributed by atoms with van der Waals surface area (Å²) in [4.78, 5) is 11.6. The Hall–Kier alpha value is -0.790. The minimum absolute atomic E-state index is 0.361. The van der Waals surface area contributed by atoms with Gasteiger partial charge in [-0.2, -0.15) is 0 Å². The maximum Gasteiger partial charge on any atom is 0.160 e. The van der Waals surface area contributed by atoms with E-state index in [4.69, 9.17) is 0 Å². The van der Waals surface area contributed by atoms with Crippen LogP contribution in [0.25, 0.3) is 0 Å². The predicted octanol–water partition coefficient (Wildman–Crippen LogP) is 4.35. The summed E-state index contributed by atoms with van der Waals surface area (Å²) in [7, 11) is 0. The lowest BCUT2D eigenvalue weighted by Gasteiger charge is -2.08. The standard InChI is InChI=1S/C16H29NO/c1-3-5-6-7-8-9-10-13-17-15-11-12-16(18)14(15)4-2/h17H,3-13H2,1-2H3. The van der Waals surface area contributed by atoms with Crippen molar-refractivity contribution in [2.45, 2.75) is 78.1 Å². The summed E-state index contributed by atoms with van der Waals surface area (Å²) in [6.07, 6.45) is 12.0. The van der Waals surface area contributed by atoms with Crippen LogP contribution in [0.3, 0.4) is 0 Å².